The van der Waals surface area contributed by atoms with E-state index in [1.54, 1.807) is 4.90 Å². The van der Waals surface area contributed by atoms with Crippen LogP contribution < -0.4 is 16.4 Å². The Morgan fingerprint density at radius 1 is 0.970 bits per heavy atom. The minimum atomic E-state index is -2.97. The second kappa shape index (κ2) is 9.10. The number of morpholine rings is 1. The first-order valence-electron chi connectivity index (χ1n) is 9.94. The summed E-state index contributed by atoms with van der Waals surface area (Å²) in [6.45, 7) is 3.05. The molecular formula is C20H20F4N8O. The molecule has 1 fully saturated rings. The van der Waals surface area contributed by atoms with Crippen LogP contribution in [-0.4, -0.2) is 50.7 Å². The van der Waals surface area contributed by atoms with Gasteiger partial charge in [0, 0.05) is 29.4 Å². The summed E-state index contributed by atoms with van der Waals surface area (Å²) in [5, 5.41) is 0. The van der Waals surface area contributed by atoms with E-state index in [-0.39, 0.29) is 46.4 Å². The number of pyridine rings is 2. The Bertz CT molecular complexity index is 1090. The third-order valence-corrected chi connectivity index (χ3v) is 5.08. The minimum absolute atomic E-state index is 0.0907. The molecule has 4 rings (SSSR count). The van der Waals surface area contributed by atoms with E-state index in [4.69, 9.17) is 16.2 Å². The molecule has 1 aliphatic rings. The van der Waals surface area contributed by atoms with Crippen LogP contribution in [0.25, 0.3) is 22.8 Å². The normalized spacial score (nSPS) is 16.6. The van der Waals surface area contributed by atoms with Crippen LogP contribution in [0.15, 0.2) is 24.4 Å². The molecule has 33 heavy (non-hydrogen) atoms. The lowest BCUT2D eigenvalue weighted by atomic mass is 10.1. The standard InChI is InChI=1S/C20H20F4N8O/c1-9-8-33-5-4-32(9)20-30-18(10-2-3-13(25)28-15(10)17(23)24)29-19(31-20)12-7-27-14(26)6-11(12)16(21)22/h2-3,6-7,9,16-17H,4-5,8H2,1H3,(H2,25,28)(H2,26,27)/t9-/m1/s1. The van der Waals surface area contributed by atoms with Crippen molar-refractivity contribution in [2.75, 3.05) is 36.1 Å². The number of nitrogens with two attached hydrogens (primary N) is 2. The number of alkyl halides is 4. The zero-order valence-corrected chi connectivity index (χ0v) is 17.4. The maximum absolute atomic E-state index is 13.7. The molecule has 3 aromatic heterocycles. The molecule has 1 atom stereocenters. The predicted molar refractivity (Wildman–Crippen MR) is 113 cm³/mol. The molecule has 3 aromatic rings. The molecule has 174 valence electrons. The summed E-state index contributed by atoms with van der Waals surface area (Å²) in [7, 11) is 0. The molecule has 0 radical (unpaired) electrons. The second-order valence-electron chi connectivity index (χ2n) is 7.37. The summed E-state index contributed by atoms with van der Waals surface area (Å²) < 4.78 is 60.3. The molecule has 0 saturated carbocycles. The molecule has 0 spiro atoms. The molecule has 9 nitrogen and oxygen atoms in total. The topological polar surface area (TPSA) is 129 Å². The molecule has 1 aliphatic heterocycles. The summed E-state index contributed by atoms with van der Waals surface area (Å²) in [6, 6.07) is 3.51. The largest absolute Gasteiger partial charge is 0.384 e. The summed E-state index contributed by atoms with van der Waals surface area (Å²) in [4.78, 5) is 22.3. The van der Waals surface area contributed by atoms with Crippen LogP contribution in [0.5, 0.6) is 0 Å². The van der Waals surface area contributed by atoms with Crippen molar-refractivity contribution in [2.24, 2.45) is 0 Å². The maximum Gasteiger partial charge on any atom is 0.281 e. The van der Waals surface area contributed by atoms with Gasteiger partial charge >= 0.3 is 0 Å². The van der Waals surface area contributed by atoms with Gasteiger partial charge in [-0.25, -0.2) is 32.5 Å². The fourth-order valence-corrected chi connectivity index (χ4v) is 3.46. The van der Waals surface area contributed by atoms with Gasteiger partial charge in [-0.1, -0.05) is 0 Å². The molecule has 4 N–H and O–H groups in total. The zero-order chi connectivity index (χ0) is 23.7. The Balaban J connectivity index is 1.95. The van der Waals surface area contributed by atoms with E-state index in [9.17, 15) is 17.6 Å². The van der Waals surface area contributed by atoms with Gasteiger partial charge in [0.05, 0.1) is 19.3 Å². The Hall–Kier alpha value is -3.61. The fourth-order valence-electron chi connectivity index (χ4n) is 3.46. The Morgan fingerprint density at radius 2 is 1.70 bits per heavy atom. The first-order chi connectivity index (χ1) is 15.7. The van der Waals surface area contributed by atoms with Gasteiger partial charge in [0.15, 0.2) is 11.6 Å². The van der Waals surface area contributed by atoms with Crippen LogP contribution in [0.3, 0.4) is 0 Å². The predicted octanol–water partition coefficient (Wildman–Crippen LogP) is 3.26. The van der Waals surface area contributed by atoms with Gasteiger partial charge in [0.25, 0.3) is 12.9 Å². The molecule has 1 saturated heterocycles. The number of hydrogen-bond donors (Lipinski definition) is 2. The van der Waals surface area contributed by atoms with Crippen molar-refractivity contribution >= 4 is 17.6 Å². The van der Waals surface area contributed by atoms with Gasteiger partial charge in [-0.3, -0.25) is 0 Å². The Labute approximate surface area is 185 Å². The Morgan fingerprint density at radius 3 is 2.36 bits per heavy atom. The highest BCUT2D eigenvalue weighted by Crippen LogP contribution is 2.34. The van der Waals surface area contributed by atoms with Crippen molar-refractivity contribution in [1.82, 2.24) is 24.9 Å². The van der Waals surface area contributed by atoms with E-state index < -0.39 is 24.1 Å². The SMILES string of the molecule is C[C@@H]1COCCN1c1nc(-c2cnc(N)cc2C(F)F)nc(-c2ccc(N)nc2C(F)F)n1. The first kappa shape index (κ1) is 22.6. The highest BCUT2D eigenvalue weighted by atomic mass is 19.3. The summed E-state index contributed by atoms with van der Waals surface area (Å²) in [5.74, 6) is -0.400. The second-order valence-corrected chi connectivity index (χ2v) is 7.37. The molecule has 0 unspecified atom stereocenters. The monoisotopic (exact) mass is 464 g/mol. The van der Waals surface area contributed by atoms with Crippen LogP contribution in [0.2, 0.25) is 0 Å². The number of ether oxygens (including phenoxy) is 1. The van der Waals surface area contributed by atoms with Crippen LogP contribution in [0.4, 0.5) is 35.1 Å². The number of hydrogen-bond acceptors (Lipinski definition) is 9. The van der Waals surface area contributed by atoms with Gasteiger partial charge in [0.1, 0.15) is 17.3 Å². The van der Waals surface area contributed by atoms with E-state index >= 15 is 0 Å². The van der Waals surface area contributed by atoms with E-state index in [1.165, 1.54) is 12.1 Å². The summed E-state index contributed by atoms with van der Waals surface area (Å²) in [5.41, 5.74) is 9.90. The highest BCUT2D eigenvalue weighted by Gasteiger charge is 2.27. The third-order valence-electron chi connectivity index (χ3n) is 5.08. The summed E-state index contributed by atoms with van der Waals surface area (Å²) >= 11 is 0. The molecule has 0 aliphatic carbocycles. The lowest BCUT2D eigenvalue weighted by Crippen LogP contribution is -2.44. The van der Waals surface area contributed by atoms with Crippen molar-refractivity contribution in [3.63, 3.8) is 0 Å². The third kappa shape index (κ3) is 4.62. The smallest absolute Gasteiger partial charge is 0.281 e. The van der Waals surface area contributed by atoms with Crippen molar-refractivity contribution < 1.29 is 22.3 Å². The molecule has 13 heteroatoms. The van der Waals surface area contributed by atoms with Gasteiger partial charge in [0.2, 0.25) is 5.95 Å². The lowest BCUT2D eigenvalue weighted by Gasteiger charge is -2.33. The number of aromatic nitrogens is 5. The quantitative estimate of drug-likeness (QED) is 0.547. The summed E-state index contributed by atoms with van der Waals surface area (Å²) in [6.07, 6.45) is -4.74. The molecular weight excluding hydrogens is 444 g/mol. The number of anilines is 3. The van der Waals surface area contributed by atoms with E-state index in [2.05, 4.69) is 24.9 Å². The van der Waals surface area contributed by atoms with Crippen molar-refractivity contribution in [3.05, 3.63) is 35.7 Å². The van der Waals surface area contributed by atoms with Crippen molar-refractivity contribution in [1.29, 1.82) is 0 Å². The number of halogens is 4. The van der Waals surface area contributed by atoms with Crippen LogP contribution >= 0.6 is 0 Å². The van der Waals surface area contributed by atoms with E-state index in [0.29, 0.717) is 19.8 Å². The van der Waals surface area contributed by atoms with Gasteiger partial charge in [-0.2, -0.15) is 9.97 Å². The van der Waals surface area contributed by atoms with Gasteiger partial charge in [-0.05, 0) is 25.1 Å². The number of nitrogens with zero attached hydrogens (tertiary/aromatic N) is 6. The zero-order valence-electron chi connectivity index (χ0n) is 17.4. The van der Waals surface area contributed by atoms with Gasteiger partial charge < -0.3 is 21.1 Å². The van der Waals surface area contributed by atoms with Crippen LogP contribution in [0, 0.1) is 0 Å². The van der Waals surface area contributed by atoms with Crippen LogP contribution in [-0.2, 0) is 4.74 Å². The number of nitrogen functional groups attached to an aromatic ring is 2. The minimum Gasteiger partial charge on any atom is -0.384 e. The van der Waals surface area contributed by atoms with Crippen molar-refractivity contribution in [2.45, 2.75) is 25.8 Å². The molecule has 0 aromatic carbocycles. The first-order valence-corrected chi connectivity index (χ1v) is 9.94. The van der Waals surface area contributed by atoms with Crippen LogP contribution in [0.1, 0.15) is 31.0 Å². The fraction of sp³-hybridized carbons (Fsp3) is 0.350. The maximum atomic E-state index is 13.7. The van der Waals surface area contributed by atoms with E-state index in [1.807, 2.05) is 6.92 Å². The lowest BCUT2D eigenvalue weighted by molar-refractivity contribution is 0.0981. The van der Waals surface area contributed by atoms with E-state index in [0.717, 1.165) is 12.3 Å². The number of rotatable bonds is 5. The molecule has 0 amide bonds. The van der Waals surface area contributed by atoms with Crippen molar-refractivity contribution in [3.8, 4) is 22.8 Å². The highest BCUT2D eigenvalue weighted by molar-refractivity contribution is 5.68. The average molecular weight is 464 g/mol. The molecule has 4 heterocycles. The molecule has 0 bridgehead atoms. The Kier molecular flexibility index (Phi) is 6.22. The van der Waals surface area contributed by atoms with Gasteiger partial charge in [-0.15, -0.1) is 0 Å². The average Bonchev–Trinajstić information content (AvgIpc) is 2.78.